The zero-order valence-corrected chi connectivity index (χ0v) is 13.9. The average molecular weight is 331 g/mol. The lowest BCUT2D eigenvalue weighted by atomic mass is 9.58. The molecule has 3 atom stereocenters. The molecule has 1 saturated heterocycles. The highest BCUT2D eigenvalue weighted by Gasteiger charge is 2.69. The number of nitrogens with zero attached hydrogens (tertiary/aromatic N) is 1. The maximum Gasteiger partial charge on any atom is 0.227 e. The Labute approximate surface area is 146 Å². The van der Waals surface area contributed by atoms with Crippen LogP contribution in [0.2, 0.25) is 0 Å². The van der Waals surface area contributed by atoms with Crippen LogP contribution in [0.5, 0.6) is 5.75 Å². The van der Waals surface area contributed by atoms with Gasteiger partial charge in [0.15, 0.2) is 11.2 Å². The van der Waals surface area contributed by atoms with E-state index < -0.39 is 17.1 Å². The first-order chi connectivity index (χ1) is 12.1. The Morgan fingerprint density at radius 2 is 2.04 bits per heavy atom. The van der Waals surface area contributed by atoms with Crippen molar-refractivity contribution >= 4 is 5.78 Å². The molecule has 0 radical (unpaired) electrons. The van der Waals surface area contributed by atoms with Crippen molar-refractivity contribution in [2.45, 2.75) is 18.6 Å². The molecule has 2 aliphatic rings. The lowest BCUT2D eigenvalue weighted by molar-refractivity contribution is -0.0777. The minimum atomic E-state index is -1.50. The molecule has 2 aromatic carbocycles. The quantitative estimate of drug-likeness (QED) is 0.790. The second-order valence-corrected chi connectivity index (χ2v) is 6.55. The minimum absolute atomic E-state index is 0.164. The van der Waals surface area contributed by atoms with Gasteiger partial charge >= 0.3 is 0 Å². The zero-order chi connectivity index (χ0) is 17.7. The third-order valence-electron chi connectivity index (χ3n) is 5.31. The van der Waals surface area contributed by atoms with E-state index in [-0.39, 0.29) is 12.4 Å². The average Bonchev–Trinajstić information content (AvgIpc) is 2.98. The molecule has 2 unspecified atom stereocenters. The first-order valence-electron chi connectivity index (χ1n) is 8.13. The van der Waals surface area contributed by atoms with Gasteiger partial charge in [-0.05, 0) is 30.2 Å². The summed E-state index contributed by atoms with van der Waals surface area (Å²) in [4.78, 5) is 13.5. The van der Waals surface area contributed by atoms with E-state index in [0.717, 1.165) is 11.1 Å². The van der Waals surface area contributed by atoms with Gasteiger partial charge in [0, 0.05) is 0 Å². The summed E-state index contributed by atoms with van der Waals surface area (Å²) in [6.07, 6.45) is 0.698. The van der Waals surface area contributed by atoms with Gasteiger partial charge in [-0.1, -0.05) is 42.5 Å². The SMILES string of the molecule is C=C[C@]1(c2ccccc2)COC2Oc3cc(C)ccc3C(=O)C21C#N. The number of Topliss-reactive ketones (excluding diaryl/α,β-unsaturated/α-hetero) is 1. The minimum Gasteiger partial charge on any atom is -0.462 e. The predicted molar refractivity (Wildman–Crippen MR) is 92.2 cm³/mol. The van der Waals surface area contributed by atoms with Crippen LogP contribution < -0.4 is 4.74 Å². The monoisotopic (exact) mass is 331 g/mol. The molecule has 2 aromatic rings. The largest absolute Gasteiger partial charge is 0.462 e. The molecule has 2 aliphatic heterocycles. The summed E-state index contributed by atoms with van der Waals surface area (Å²) in [7, 11) is 0. The number of carbonyl (C=O) groups is 1. The Balaban J connectivity index is 1.98. The molecule has 4 heteroatoms. The van der Waals surface area contributed by atoms with Gasteiger partial charge in [0.2, 0.25) is 6.29 Å². The molecule has 2 heterocycles. The van der Waals surface area contributed by atoms with Crippen LogP contribution in [0.1, 0.15) is 21.5 Å². The van der Waals surface area contributed by atoms with Crippen LogP contribution in [-0.4, -0.2) is 18.7 Å². The summed E-state index contributed by atoms with van der Waals surface area (Å²) in [5.74, 6) is 0.191. The summed E-state index contributed by atoms with van der Waals surface area (Å²) in [6.45, 7) is 6.03. The van der Waals surface area contributed by atoms with E-state index >= 15 is 0 Å². The van der Waals surface area contributed by atoms with Gasteiger partial charge in [0.25, 0.3) is 0 Å². The molecule has 0 aromatic heterocycles. The topological polar surface area (TPSA) is 59.3 Å². The van der Waals surface area contributed by atoms with Crippen molar-refractivity contribution in [3.63, 3.8) is 0 Å². The van der Waals surface area contributed by atoms with Gasteiger partial charge in [-0.2, -0.15) is 5.26 Å². The third-order valence-corrected chi connectivity index (χ3v) is 5.31. The lowest BCUT2D eigenvalue weighted by Crippen LogP contribution is -2.55. The van der Waals surface area contributed by atoms with E-state index in [2.05, 4.69) is 12.6 Å². The summed E-state index contributed by atoms with van der Waals surface area (Å²) in [5, 5.41) is 10.2. The molecule has 4 rings (SSSR count). The van der Waals surface area contributed by atoms with Crippen LogP contribution in [0.4, 0.5) is 0 Å². The fraction of sp³-hybridized carbons (Fsp3) is 0.238. The molecule has 4 nitrogen and oxygen atoms in total. The van der Waals surface area contributed by atoms with E-state index in [1.54, 1.807) is 18.2 Å². The summed E-state index contributed by atoms with van der Waals surface area (Å²) < 4.78 is 11.8. The van der Waals surface area contributed by atoms with Crippen LogP contribution in [0.25, 0.3) is 0 Å². The van der Waals surface area contributed by atoms with E-state index in [0.29, 0.717) is 11.3 Å². The van der Waals surface area contributed by atoms with Crippen LogP contribution in [0, 0.1) is 23.7 Å². The molecule has 0 saturated carbocycles. The molecule has 0 N–H and O–H groups in total. The van der Waals surface area contributed by atoms with Gasteiger partial charge in [-0.15, -0.1) is 6.58 Å². The van der Waals surface area contributed by atoms with Crippen LogP contribution in [0.3, 0.4) is 0 Å². The number of aryl methyl sites for hydroxylation is 1. The normalized spacial score (nSPS) is 29.9. The van der Waals surface area contributed by atoms with Crippen molar-refractivity contribution in [1.82, 2.24) is 0 Å². The van der Waals surface area contributed by atoms with E-state index in [1.807, 2.05) is 43.3 Å². The first kappa shape index (κ1) is 15.6. The fourth-order valence-electron chi connectivity index (χ4n) is 3.92. The predicted octanol–water partition coefficient (Wildman–Crippen LogP) is 3.56. The van der Waals surface area contributed by atoms with Crippen molar-refractivity contribution in [2.75, 3.05) is 6.61 Å². The second kappa shape index (κ2) is 5.30. The van der Waals surface area contributed by atoms with Gasteiger partial charge in [-0.25, -0.2) is 0 Å². The highest BCUT2D eigenvalue weighted by atomic mass is 16.7. The summed E-state index contributed by atoms with van der Waals surface area (Å²) in [5.41, 5.74) is -0.254. The number of ether oxygens (including phenoxy) is 2. The Morgan fingerprint density at radius 3 is 2.72 bits per heavy atom. The molecule has 0 bridgehead atoms. The van der Waals surface area contributed by atoms with Gasteiger partial charge < -0.3 is 9.47 Å². The van der Waals surface area contributed by atoms with Crippen molar-refractivity contribution < 1.29 is 14.3 Å². The highest BCUT2D eigenvalue weighted by Crippen LogP contribution is 2.56. The number of hydrogen-bond acceptors (Lipinski definition) is 4. The molecule has 124 valence electrons. The van der Waals surface area contributed by atoms with E-state index in [1.165, 1.54) is 0 Å². The van der Waals surface area contributed by atoms with Crippen molar-refractivity contribution in [1.29, 1.82) is 5.26 Å². The number of nitriles is 1. The van der Waals surface area contributed by atoms with Gasteiger partial charge in [0.1, 0.15) is 5.75 Å². The molecule has 1 fully saturated rings. The Hall–Kier alpha value is -2.90. The molecular formula is C21H17NO3. The molecule has 0 amide bonds. The van der Waals surface area contributed by atoms with Crippen molar-refractivity contribution in [3.05, 3.63) is 77.9 Å². The molecule has 0 aliphatic carbocycles. The Bertz CT molecular complexity index is 914. The number of fused-ring (bicyclic) bond motifs is 2. The Kier molecular flexibility index (Phi) is 3.31. The maximum absolute atomic E-state index is 13.5. The van der Waals surface area contributed by atoms with Crippen LogP contribution in [0.15, 0.2) is 61.2 Å². The van der Waals surface area contributed by atoms with Crippen LogP contribution >= 0.6 is 0 Å². The molecule has 25 heavy (non-hydrogen) atoms. The number of rotatable bonds is 2. The zero-order valence-electron chi connectivity index (χ0n) is 13.9. The summed E-state index contributed by atoms with van der Waals surface area (Å²) in [6, 6.07) is 17.1. The van der Waals surface area contributed by atoms with Crippen molar-refractivity contribution in [3.8, 4) is 11.8 Å². The van der Waals surface area contributed by atoms with Crippen LogP contribution in [-0.2, 0) is 10.2 Å². The number of benzene rings is 2. The van der Waals surface area contributed by atoms with Crippen molar-refractivity contribution in [2.24, 2.45) is 5.41 Å². The third kappa shape index (κ3) is 1.82. The van der Waals surface area contributed by atoms with E-state index in [4.69, 9.17) is 9.47 Å². The number of carbonyl (C=O) groups excluding carboxylic acids is 1. The standard InChI is InChI=1S/C21H17NO3/c1-3-20(15-7-5-4-6-8-15)13-24-19-21(20,12-22)18(23)16-10-9-14(2)11-17(16)25-19/h3-11,19H,1,13H2,2H3/t19?,20-,21?/m1/s1. The smallest absolute Gasteiger partial charge is 0.227 e. The first-order valence-corrected chi connectivity index (χ1v) is 8.13. The van der Waals surface area contributed by atoms with Gasteiger partial charge in [-0.3, -0.25) is 4.79 Å². The second-order valence-electron chi connectivity index (χ2n) is 6.55. The molecule has 0 spiro atoms. The Morgan fingerprint density at radius 1 is 1.28 bits per heavy atom. The van der Waals surface area contributed by atoms with E-state index in [9.17, 15) is 10.1 Å². The maximum atomic E-state index is 13.5. The highest BCUT2D eigenvalue weighted by molar-refractivity contribution is 6.07. The molecular weight excluding hydrogens is 314 g/mol. The fourth-order valence-corrected chi connectivity index (χ4v) is 3.92. The number of hydrogen-bond donors (Lipinski definition) is 0. The lowest BCUT2D eigenvalue weighted by Gasteiger charge is -2.41. The summed E-state index contributed by atoms with van der Waals surface area (Å²) >= 11 is 0. The van der Waals surface area contributed by atoms with Gasteiger partial charge in [0.05, 0.1) is 23.7 Å². The number of ketones is 1.